The van der Waals surface area contributed by atoms with Gasteiger partial charge in [0.15, 0.2) is 14.6 Å². The van der Waals surface area contributed by atoms with E-state index >= 15 is 0 Å². The van der Waals surface area contributed by atoms with E-state index in [0.717, 1.165) is 4.48 Å². The van der Waals surface area contributed by atoms with E-state index in [9.17, 15) is 0 Å². The third-order valence-electron chi connectivity index (χ3n) is 4.36. The first kappa shape index (κ1) is 21.8. The normalized spacial score (nSPS) is 24.8. The van der Waals surface area contributed by atoms with E-state index in [1.54, 1.807) is 6.08 Å². The largest absolute Gasteiger partial charge is 0.414 e. The summed E-state index contributed by atoms with van der Waals surface area (Å²) in [5, 5.41) is 0.150. The van der Waals surface area contributed by atoms with Crippen molar-refractivity contribution in [3.05, 3.63) is 35.9 Å². The van der Waals surface area contributed by atoms with Crippen molar-refractivity contribution in [2.45, 2.75) is 57.4 Å². The van der Waals surface area contributed by atoms with E-state index in [2.05, 4.69) is 63.0 Å². The van der Waals surface area contributed by atoms with Crippen molar-refractivity contribution in [3.63, 3.8) is 0 Å². The van der Waals surface area contributed by atoms with Gasteiger partial charge in [0, 0.05) is 4.48 Å². The Balaban J connectivity index is 2.73. The van der Waals surface area contributed by atoms with Gasteiger partial charge in [-0.2, -0.15) is 0 Å². The molecule has 0 fully saturated rings. The van der Waals surface area contributed by atoms with Crippen LogP contribution in [0.25, 0.3) is 0 Å². The Labute approximate surface area is 156 Å². The standard InChI is InChI=1S/C18H31BrO4Si/c1-8-11-20-17-10-9-15(21-12-14(2)19)16(23-17)13-22-24(6,7)18(3,4)5/h8-10,15-17H,1-2,11-13H2,3-7H3/t15-,16+,17-/m0/s1. The van der Waals surface area contributed by atoms with Crippen LogP contribution in [0.5, 0.6) is 0 Å². The first-order valence-corrected chi connectivity index (χ1v) is 11.9. The molecule has 1 aliphatic rings. The lowest BCUT2D eigenvalue weighted by atomic mass is 10.1. The van der Waals surface area contributed by atoms with Gasteiger partial charge in [0.1, 0.15) is 12.2 Å². The highest BCUT2D eigenvalue weighted by Gasteiger charge is 2.39. The summed E-state index contributed by atoms with van der Waals surface area (Å²) >= 11 is 3.32. The van der Waals surface area contributed by atoms with Gasteiger partial charge in [0.05, 0.1) is 19.8 Å². The summed E-state index contributed by atoms with van der Waals surface area (Å²) in [4.78, 5) is 0. The molecule has 0 unspecified atom stereocenters. The van der Waals surface area contributed by atoms with E-state index in [1.807, 2.05) is 12.2 Å². The van der Waals surface area contributed by atoms with Gasteiger partial charge in [-0.15, -0.1) is 6.58 Å². The molecule has 0 spiro atoms. The Kier molecular flexibility index (Phi) is 8.59. The monoisotopic (exact) mass is 418 g/mol. The molecule has 0 aromatic carbocycles. The lowest BCUT2D eigenvalue weighted by molar-refractivity contribution is -0.180. The molecule has 0 radical (unpaired) electrons. The molecule has 0 saturated carbocycles. The molecule has 0 aromatic heterocycles. The second-order valence-corrected chi connectivity index (χ2v) is 13.3. The Morgan fingerprint density at radius 2 is 1.96 bits per heavy atom. The first-order valence-electron chi connectivity index (χ1n) is 8.22. The molecule has 0 N–H and O–H groups in total. The third-order valence-corrected chi connectivity index (χ3v) is 9.09. The summed E-state index contributed by atoms with van der Waals surface area (Å²) < 4.78 is 24.6. The Hall–Kier alpha value is -0.243. The predicted octanol–water partition coefficient (Wildman–Crippen LogP) is 4.79. The number of hydrogen-bond acceptors (Lipinski definition) is 4. The Morgan fingerprint density at radius 3 is 2.50 bits per heavy atom. The average molecular weight is 419 g/mol. The molecule has 3 atom stereocenters. The fraction of sp³-hybridized carbons (Fsp3) is 0.667. The summed E-state index contributed by atoms with van der Waals surface area (Å²) in [7, 11) is -1.85. The number of rotatable bonds is 9. The topological polar surface area (TPSA) is 36.9 Å². The average Bonchev–Trinajstić information content (AvgIpc) is 2.48. The minimum Gasteiger partial charge on any atom is -0.414 e. The van der Waals surface area contributed by atoms with Crippen LogP contribution in [0.1, 0.15) is 20.8 Å². The van der Waals surface area contributed by atoms with Crippen LogP contribution in [0.15, 0.2) is 35.9 Å². The molecular formula is C18H31BrO4Si. The highest BCUT2D eigenvalue weighted by atomic mass is 79.9. The van der Waals surface area contributed by atoms with E-state index < -0.39 is 14.6 Å². The maximum Gasteiger partial charge on any atom is 0.192 e. The summed E-state index contributed by atoms with van der Waals surface area (Å²) in [5.74, 6) is 0. The zero-order valence-electron chi connectivity index (χ0n) is 15.5. The van der Waals surface area contributed by atoms with Crippen molar-refractivity contribution in [1.82, 2.24) is 0 Å². The van der Waals surface area contributed by atoms with E-state index in [1.165, 1.54) is 0 Å². The van der Waals surface area contributed by atoms with Crippen LogP contribution < -0.4 is 0 Å². The van der Waals surface area contributed by atoms with Crippen LogP contribution in [0, 0.1) is 0 Å². The second-order valence-electron chi connectivity index (χ2n) is 7.41. The van der Waals surface area contributed by atoms with Gasteiger partial charge in [-0.25, -0.2) is 0 Å². The molecule has 0 bridgehead atoms. The molecule has 4 nitrogen and oxygen atoms in total. The highest BCUT2D eigenvalue weighted by Crippen LogP contribution is 2.37. The van der Waals surface area contributed by atoms with Crippen molar-refractivity contribution < 1.29 is 18.6 Å². The maximum atomic E-state index is 6.31. The van der Waals surface area contributed by atoms with Crippen LogP contribution in [0.3, 0.4) is 0 Å². The maximum absolute atomic E-state index is 6.31. The van der Waals surface area contributed by atoms with E-state index in [4.69, 9.17) is 18.6 Å². The van der Waals surface area contributed by atoms with Crippen molar-refractivity contribution in [1.29, 1.82) is 0 Å². The summed E-state index contributed by atoms with van der Waals surface area (Å²) in [6, 6.07) is 0. The smallest absolute Gasteiger partial charge is 0.192 e. The molecule has 0 aromatic rings. The van der Waals surface area contributed by atoms with E-state index in [-0.39, 0.29) is 17.2 Å². The minimum absolute atomic E-state index is 0.150. The number of halogens is 1. The van der Waals surface area contributed by atoms with Crippen molar-refractivity contribution in [2.75, 3.05) is 19.8 Å². The SMILES string of the molecule is C=CCO[C@@H]1C=C[C@H](OCC(=C)Br)[C@@H](CO[Si](C)(C)C(C)(C)C)O1. The van der Waals surface area contributed by atoms with Gasteiger partial charge >= 0.3 is 0 Å². The quantitative estimate of drug-likeness (QED) is 0.398. The zero-order valence-corrected chi connectivity index (χ0v) is 18.1. The van der Waals surface area contributed by atoms with Crippen LogP contribution in [-0.4, -0.2) is 46.6 Å². The molecule has 0 saturated heterocycles. The van der Waals surface area contributed by atoms with Crippen LogP contribution in [-0.2, 0) is 18.6 Å². The van der Waals surface area contributed by atoms with E-state index in [0.29, 0.717) is 19.8 Å². The minimum atomic E-state index is -1.85. The van der Waals surface area contributed by atoms with Gasteiger partial charge in [0.2, 0.25) is 0 Å². The molecule has 1 heterocycles. The summed E-state index contributed by atoms with van der Waals surface area (Å²) in [6.45, 7) is 19.9. The van der Waals surface area contributed by atoms with Crippen LogP contribution in [0.2, 0.25) is 18.1 Å². The molecule has 24 heavy (non-hydrogen) atoms. The fourth-order valence-corrected chi connectivity index (χ4v) is 3.01. The van der Waals surface area contributed by atoms with Crippen LogP contribution in [0.4, 0.5) is 0 Å². The Morgan fingerprint density at radius 1 is 1.29 bits per heavy atom. The molecule has 0 aliphatic carbocycles. The lowest BCUT2D eigenvalue weighted by Crippen LogP contribution is -2.47. The molecule has 6 heteroatoms. The lowest BCUT2D eigenvalue weighted by Gasteiger charge is -2.39. The van der Waals surface area contributed by atoms with Gasteiger partial charge in [-0.3, -0.25) is 0 Å². The van der Waals surface area contributed by atoms with Crippen molar-refractivity contribution >= 4 is 24.2 Å². The summed E-state index contributed by atoms with van der Waals surface area (Å²) in [5.41, 5.74) is 0. The zero-order chi connectivity index (χ0) is 18.4. The van der Waals surface area contributed by atoms with Gasteiger partial charge in [0.25, 0.3) is 0 Å². The Bertz CT molecular complexity index is 456. The predicted molar refractivity (Wildman–Crippen MR) is 105 cm³/mol. The molecule has 138 valence electrons. The van der Waals surface area contributed by atoms with Crippen LogP contribution >= 0.6 is 15.9 Å². The second kappa shape index (κ2) is 9.45. The fourth-order valence-electron chi connectivity index (χ4n) is 1.87. The molecule has 0 amide bonds. The van der Waals surface area contributed by atoms with Gasteiger partial charge < -0.3 is 18.6 Å². The number of ether oxygens (including phenoxy) is 3. The molecule has 1 rings (SSSR count). The third kappa shape index (κ3) is 6.94. The van der Waals surface area contributed by atoms with Gasteiger partial charge in [-0.1, -0.05) is 55.4 Å². The van der Waals surface area contributed by atoms with Crippen molar-refractivity contribution in [2.24, 2.45) is 0 Å². The summed E-state index contributed by atoms with van der Waals surface area (Å²) in [6.07, 6.45) is 4.75. The molecular weight excluding hydrogens is 388 g/mol. The van der Waals surface area contributed by atoms with Crippen molar-refractivity contribution in [3.8, 4) is 0 Å². The number of hydrogen-bond donors (Lipinski definition) is 0. The molecule has 1 aliphatic heterocycles. The van der Waals surface area contributed by atoms with Gasteiger partial charge in [-0.05, 0) is 24.2 Å². The highest BCUT2D eigenvalue weighted by molar-refractivity contribution is 9.11. The first-order chi connectivity index (χ1) is 11.1.